The smallest absolute Gasteiger partial charge is 0.171 e. The third kappa shape index (κ3) is 1.75. The van der Waals surface area contributed by atoms with Gasteiger partial charge < -0.3 is 15.6 Å². The standard InChI is InChI=1S/C8H14N6/c1-7-4-13(10-9-7)6-14-5-8(2)12(3)11-14/h4-5,14H,6H2,1-3H3. The number of rotatable bonds is 2. The van der Waals surface area contributed by atoms with E-state index in [2.05, 4.69) is 22.0 Å². The number of quaternary nitrogens is 1. The van der Waals surface area contributed by atoms with Crippen LogP contribution in [0.15, 0.2) is 18.1 Å². The third-order valence-electron chi connectivity index (χ3n) is 2.14. The van der Waals surface area contributed by atoms with Gasteiger partial charge in [-0.1, -0.05) is 5.21 Å². The minimum atomic E-state index is 0.683. The van der Waals surface area contributed by atoms with Crippen LogP contribution in [0.4, 0.5) is 0 Å². The topological polar surface area (TPSA) is 52.5 Å². The van der Waals surface area contributed by atoms with Gasteiger partial charge in [0, 0.05) is 5.70 Å². The largest absolute Gasteiger partial charge is 0.428 e. The van der Waals surface area contributed by atoms with Gasteiger partial charge in [-0.05, 0) is 20.9 Å². The van der Waals surface area contributed by atoms with Crippen molar-refractivity contribution in [2.75, 3.05) is 7.05 Å². The Morgan fingerprint density at radius 1 is 1.50 bits per heavy atom. The lowest BCUT2D eigenvalue weighted by molar-refractivity contribution is -0.835. The molecule has 0 spiro atoms. The maximum atomic E-state index is 4.34. The second kappa shape index (κ2) is 3.39. The molecule has 76 valence electrons. The minimum Gasteiger partial charge on any atom is -0.428 e. The van der Waals surface area contributed by atoms with Crippen LogP contribution in [-0.4, -0.2) is 27.1 Å². The summed E-state index contributed by atoms with van der Waals surface area (Å²) in [4.78, 5) is 0. The molecule has 0 radical (unpaired) electrons. The molecular formula is C8H14N6. The van der Waals surface area contributed by atoms with Crippen molar-refractivity contribution in [1.82, 2.24) is 20.0 Å². The van der Waals surface area contributed by atoms with Gasteiger partial charge in [-0.3, -0.25) is 0 Å². The monoisotopic (exact) mass is 194 g/mol. The van der Waals surface area contributed by atoms with Crippen LogP contribution in [-0.2, 0) is 6.67 Å². The Hall–Kier alpha value is -1.40. The van der Waals surface area contributed by atoms with Crippen molar-refractivity contribution in [3.05, 3.63) is 29.3 Å². The normalized spacial score (nSPS) is 21.5. The van der Waals surface area contributed by atoms with E-state index in [1.54, 1.807) is 4.68 Å². The van der Waals surface area contributed by atoms with E-state index < -0.39 is 0 Å². The highest BCUT2D eigenvalue weighted by atomic mass is 15.8. The van der Waals surface area contributed by atoms with E-state index >= 15 is 0 Å². The molecule has 0 bridgehead atoms. The molecule has 1 unspecified atom stereocenters. The van der Waals surface area contributed by atoms with E-state index in [1.165, 1.54) is 0 Å². The van der Waals surface area contributed by atoms with Gasteiger partial charge in [0.2, 0.25) is 0 Å². The van der Waals surface area contributed by atoms with Gasteiger partial charge in [0.05, 0.1) is 11.9 Å². The van der Waals surface area contributed by atoms with Crippen LogP contribution in [0.1, 0.15) is 12.6 Å². The molecule has 1 aromatic heterocycles. The highest BCUT2D eigenvalue weighted by molar-refractivity contribution is 4.97. The Morgan fingerprint density at radius 3 is 2.79 bits per heavy atom. The zero-order chi connectivity index (χ0) is 10.1. The summed E-state index contributed by atoms with van der Waals surface area (Å²) in [5.41, 5.74) is 6.42. The van der Waals surface area contributed by atoms with Gasteiger partial charge >= 0.3 is 0 Å². The summed E-state index contributed by atoms with van der Waals surface area (Å²) in [5, 5.41) is 10.8. The Morgan fingerprint density at radius 2 is 2.29 bits per heavy atom. The highest BCUT2D eigenvalue weighted by Crippen LogP contribution is 2.04. The van der Waals surface area contributed by atoms with Crippen molar-refractivity contribution in [2.45, 2.75) is 20.5 Å². The second-order valence-electron chi connectivity index (χ2n) is 3.46. The molecular weight excluding hydrogens is 180 g/mol. The van der Waals surface area contributed by atoms with Gasteiger partial charge in [-0.2, -0.15) is 0 Å². The van der Waals surface area contributed by atoms with Crippen LogP contribution in [0, 0.1) is 6.92 Å². The van der Waals surface area contributed by atoms with E-state index in [4.69, 9.17) is 0 Å². The van der Waals surface area contributed by atoms with E-state index in [-0.39, 0.29) is 0 Å². The van der Waals surface area contributed by atoms with Crippen molar-refractivity contribution < 1.29 is 5.01 Å². The van der Waals surface area contributed by atoms with Crippen LogP contribution >= 0.6 is 0 Å². The number of nitrogens with one attached hydrogen (secondary N) is 1. The van der Waals surface area contributed by atoms with E-state index in [0.29, 0.717) is 6.67 Å². The number of nitrogens with zero attached hydrogens (tertiary/aromatic N) is 5. The number of aryl methyl sites for hydroxylation is 1. The Labute approximate surface area is 82.7 Å². The first-order valence-electron chi connectivity index (χ1n) is 4.51. The molecule has 1 N–H and O–H groups in total. The fraction of sp³-hybridized carbons (Fsp3) is 0.500. The lowest BCUT2D eigenvalue weighted by Crippen LogP contribution is -3.01. The van der Waals surface area contributed by atoms with Crippen molar-refractivity contribution in [3.8, 4) is 0 Å². The van der Waals surface area contributed by atoms with Crippen LogP contribution < -0.4 is 5.01 Å². The molecule has 6 heteroatoms. The average molecular weight is 194 g/mol. The molecule has 1 aliphatic heterocycles. The quantitative estimate of drug-likeness (QED) is 0.686. The van der Waals surface area contributed by atoms with Gasteiger partial charge in [-0.25, -0.2) is 4.68 Å². The molecule has 0 saturated heterocycles. The number of hydrogen-bond donors (Lipinski definition) is 1. The molecule has 1 aliphatic rings. The predicted molar refractivity (Wildman–Crippen MR) is 50.6 cm³/mol. The number of allylic oxidation sites excluding steroid dienone is 1. The number of aromatic nitrogens is 3. The van der Waals surface area contributed by atoms with Crippen molar-refractivity contribution in [3.63, 3.8) is 0 Å². The SMILES string of the molecule is CC1=C[NH+](Cn2cc(C)nn2)[N-]N1C. The van der Waals surface area contributed by atoms with Crippen LogP contribution in [0.25, 0.3) is 5.53 Å². The molecule has 1 aromatic rings. The van der Waals surface area contributed by atoms with Gasteiger partial charge in [0.1, 0.15) is 6.20 Å². The van der Waals surface area contributed by atoms with E-state index in [9.17, 15) is 0 Å². The predicted octanol–water partition coefficient (Wildman–Crippen LogP) is -0.561. The Kier molecular flexibility index (Phi) is 2.22. The Bertz CT molecular complexity index is 354. The molecule has 0 aromatic carbocycles. The first kappa shape index (κ1) is 9.17. The summed E-state index contributed by atoms with van der Waals surface area (Å²) in [5.74, 6) is 0. The first-order chi connectivity index (χ1) is 6.65. The Balaban J connectivity index is 2.00. The molecule has 0 saturated carbocycles. The van der Waals surface area contributed by atoms with Crippen LogP contribution in [0.2, 0.25) is 0 Å². The van der Waals surface area contributed by atoms with E-state index in [0.717, 1.165) is 16.4 Å². The summed E-state index contributed by atoms with van der Waals surface area (Å²) in [6, 6.07) is 0. The van der Waals surface area contributed by atoms with Gasteiger partial charge in [0.15, 0.2) is 6.67 Å². The first-order valence-corrected chi connectivity index (χ1v) is 4.51. The minimum absolute atomic E-state index is 0.683. The number of hydrogen-bond acceptors (Lipinski definition) is 3. The van der Waals surface area contributed by atoms with Crippen molar-refractivity contribution in [2.24, 2.45) is 0 Å². The third-order valence-corrected chi connectivity index (χ3v) is 2.14. The fourth-order valence-corrected chi connectivity index (χ4v) is 1.35. The summed E-state index contributed by atoms with van der Waals surface area (Å²) < 4.78 is 1.79. The van der Waals surface area contributed by atoms with Gasteiger partial charge in [0.25, 0.3) is 0 Å². The molecule has 0 fully saturated rings. The van der Waals surface area contributed by atoms with Crippen molar-refractivity contribution in [1.29, 1.82) is 0 Å². The second-order valence-corrected chi connectivity index (χ2v) is 3.46. The molecule has 6 nitrogen and oxygen atoms in total. The summed E-state index contributed by atoms with van der Waals surface area (Å²) in [7, 11) is 1.94. The molecule has 2 rings (SSSR count). The summed E-state index contributed by atoms with van der Waals surface area (Å²) in [6.45, 7) is 4.64. The lowest BCUT2D eigenvalue weighted by atomic mass is 10.5. The van der Waals surface area contributed by atoms with Gasteiger partial charge in [-0.15, -0.1) is 5.10 Å². The molecule has 1 atom stereocenters. The van der Waals surface area contributed by atoms with E-state index in [1.807, 2.05) is 32.1 Å². The molecule has 0 amide bonds. The fourth-order valence-electron chi connectivity index (χ4n) is 1.35. The molecule has 14 heavy (non-hydrogen) atoms. The lowest BCUT2D eigenvalue weighted by Gasteiger charge is -2.28. The van der Waals surface area contributed by atoms with Crippen LogP contribution in [0.5, 0.6) is 0 Å². The maximum Gasteiger partial charge on any atom is 0.171 e. The molecule has 0 aliphatic carbocycles. The average Bonchev–Trinajstić information content (AvgIpc) is 2.62. The van der Waals surface area contributed by atoms with Crippen molar-refractivity contribution >= 4 is 0 Å². The zero-order valence-electron chi connectivity index (χ0n) is 8.60. The summed E-state index contributed by atoms with van der Waals surface area (Å²) in [6.07, 6.45) is 3.96. The maximum absolute atomic E-state index is 4.34. The zero-order valence-corrected chi connectivity index (χ0v) is 8.60. The highest BCUT2D eigenvalue weighted by Gasteiger charge is 2.09. The van der Waals surface area contributed by atoms with Crippen LogP contribution in [0.3, 0.4) is 0 Å². The summed E-state index contributed by atoms with van der Waals surface area (Å²) >= 11 is 0. The molecule has 2 heterocycles.